The third-order valence-electron chi connectivity index (χ3n) is 4.43. The number of rotatable bonds is 3. The van der Waals surface area contributed by atoms with Crippen LogP contribution in [-0.4, -0.2) is 44.6 Å². The Kier molecular flexibility index (Phi) is 4.07. The largest absolute Gasteiger partial charge is 0.393 e. The number of hydrogen-bond acceptors (Lipinski definition) is 5. The number of carbonyl (C=O) groups is 1. The molecule has 0 saturated carbocycles. The maximum absolute atomic E-state index is 12.6. The average molecular weight is 337 g/mol. The molecule has 25 heavy (non-hydrogen) atoms. The molecular formula is C18H19N5O2. The van der Waals surface area contributed by atoms with Crippen molar-refractivity contribution in [2.45, 2.75) is 18.9 Å². The highest BCUT2D eigenvalue weighted by Gasteiger charge is 2.20. The molecule has 1 aliphatic rings. The summed E-state index contributed by atoms with van der Waals surface area (Å²) in [7, 11) is 0. The van der Waals surface area contributed by atoms with Gasteiger partial charge in [0, 0.05) is 31.7 Å². The van der Waals surface area contributed by atoms with Gasteiger partial charge in [0.1, 0.15) is 5.69 Å². The number of nitrogens with one attached hydrogen (secondary N) is 1. The summed E-state index contributed by atoms with van der Waals surface area (Å²) in [6.45, 7) is 1.54. The van der Waals surface area contributed by atoms with Gasteiger partial charge in [-0.25, -0.2) is 9.97 Å². The van der Waals surface area contributed by atoms with E-state index < -0.39 is 0 Å². The van der Waals surface area contributed by atoms with E-state index in [1.54, 1.807) is 29.1 Å². The molecule has 1 aromatic carbocycles. The molecule has 0 radical (unpaired) electrons. The number of piperidine rings is 1. The lowest BCUT2D eigenvalue weighted by molar-refractivity contribution is 0.102. The van der Waals surface area contributed by atoms with Crippen LogP contribution in [0.15, 0.2) is 48.9 Å². The van der Waals surface area contributed by atoms with Crippen LogP contribution in [0.1, 0.15) is 23.3 Å². The third-order valence-corrected chi connectivity index (χ3v) is 4.43. The number of imidazole rings is 1. The fraction of sp³-hybridized carbons (Fsp3) is 0.278. The van der Waals surface area contributed by atoms with Crippen LogP contribution in [0.4, 0.5) is 11.4 Å². The number of benzene rings is 1. The zero-order valence-electron chi connectivity index (χ0n) is 13.7. The molecular weight excluding hydrogens is 318 g/mol. The molecule has 2 N–H and O–H groups in total. The Balaban J connectivity index is 1.57. The number of carbonyl (C=O) groups excluding carboxylic acids is 1. The molecule has 1 saturated heterocycles. The zero-order valence-corrected chi connectivity index (χ0v) is 13.7. The average Bonchev–Trinajstić information content (AvgIpc) is 3.07. The highest BCUT2D eigenvalue weighted by atomic mass is 16.3. The summed E-state index contributed by atoms with van der Waals surface area (Å²) in [6.07, 6.45) is 6.35. The highest BCUT2D eigenvalue weighted by molar-refractivity contribution is 6.05. The van der Waals surface area contributed by atoms with E-state index in [1.165, 1.54) is 0 Å². The fourth-order valence-corrected chi connectivity index (χ4v) is 3.09. The molecule has 0 atom stereocenters. The second-order valence-corrected chi connectivity index (χ2v) is 6.14. The van der Waals surface area contributed by atoms with Crippen LogP contribution in [0.3, 0.4) is 0 Å². The molecule has 128 valence electrons. The van der Waals surface area contributed by atoms with Crippen molar-refractivity contribution < 1.29 is 9.90 Å². The number of fused-ring (bicyclic) bond motifs is 1. The number of hydrogen-bond donors (Lipinski definition) is 2. The fourth-order valence-electron chi connectivity index (χ4n) is 3.09. The summed E-state index contributed by atoms with van der Waals surface area (Å²) < 4.78 is 1.72. The molecule has 7 heteroatoms. The van der Waals surface area contributed by atoms with Crippen LogP contribution >= 0.6 is 0 Å². The van der Waals surface area contributed by atoms with Gasteiger partial charge >= 0.3 is 0 Å². The van der Waals surface area contributed by atoms with E-state index in [2.05, 4.69) is 20.2 Å². The van der Waals surface area contributed by atoms with Gasteiger partial charge in [0.15, 0.2) is 0 Å². The molecule has 1 fully saturated rings. The number of aliphatic hydroxyl groups is 1. The van der Waals surface area contributed by atoms with Crippen molar-refractivity contribution in [1.82, 2.24) is 14.4 Å². The van der Waals surface area contributed by atoms with E-state index >= 15 is 0 Å². The molecule has 0 spiro atoms. The van der Waals surface area contributed by atoms with E-state index in [9.17, 15) is 9.90 Å². The molecule has 0 bridgehead atoms. The molecule has 1 amide bonds. The lowest BCUT2D eigenvalue weighted by Gasteiger charge is -2.32. The Morgan fingerprint density at radius 1 is 1.20 bits per heavy atom. The minimum absolute atomic E-state index is 0.233. The first-order valence-corrected chi connectivity index (χ1v) is 8.34. The first-order valence-electron chi connectivity index (χ1n) is 8.34. The molecule has 0 aliphatic carbocycles. The van der Waals surface area contributed by atoms with E-state index in [1.807, 2.05) is 24.3 Å². The molecule has 7 nitrogen and oxygen atoms in total. The Labute approximate surface area is 144 Å². The number of aromatic nitrogens is 3. The number of amides is 1. The topological polar surface area (TPSA) is 82.8 Å². The van der Waals surface area contributed by atoms with E-state index in [-0.39, 0.29) is 12.0 Å². The number of nitrogens with zero attached hydrogens (tertiary/aromatic N) is 4. The summed E-state index contributed by atoms with van der Waals surface area (Å²) in [5.74, 6) is 0.223. The van der Waals surface area contributed by atoms with Crippen molar-refractivity contribution in [2.24, 2.45) is 0 Å². The van der Waals surface area contributed by atoms with Gasteiger partial charge in [-0.05, 0) is 31.0 Å². The van der Waals surface area contributed by atoms with Crippen LogP contribution in [0.2, 0.25) is 0 Å². The minimum Gasteiger partial charge on any atom is -0.393 e. The third kappa shape index (κ3) is 3.18. The van der Waals surface area contributed by atoms with Crippen molar-refractivity contribution in [1.29, 1.82) is 0 Å². The maximum Gasteiger partial charge on any atom is 0.276 e. The SMILES string of the molecule is O=C(Nc1ccccc1N1CCC(O)CC1)c1cn2cccnc2n1. The first kappa shape index (κ1) is 15.6. The predicted octanol–water partition coefficient (Wildman–Crippen LogP) is 1.94. The van der Waals surface area contributed by atoms with Crippen LogP contribution in [-0.2, 0) is 0 Å². The summed E-state index contributed by atoms with van der Waals surface area (Å²) in [5, 5.41) is 12.6. The van der Waals surface area contributed by atoms with Crippen molar-refractivity contribution in [3.05, 3.63) is 54.6 Å². The Morgan fingerprint density at radius 2 is 2.00 bits per heavy atom. The Hall–Kier alpha value is -2.93. The van der Waals surface area contributed by atoms with Crippen LogP contribution in [0, 0.1) is 0 Å². The summed E-state index contributed by atoms with van der Waals surface area (Å²) in [4.78, 5) is 23.2. The van der Waals surface area contributed by atoms with E-state index in [0.29, 0.717) is 11.5 Å². The van der Waals surface area contributed by atoms with E-state index in [0.717, 1.165) is 37.3 Å². The Bertz CT molecular complexity index is 866. The molecule has 3 heterocycles. The number of anilines is 2. The van der Waals surface area contributed by atoms with Gasteiger partial charge in [-0.15, -0.1) is 0 Å². The smallest absolute Gasteiger partial charge is 0.276 e. The summed E-state index contributed by atoms with van der Waals surface area (Å²) in [5.41, 5.74) is 2.03. The lowest BCUT2D eigenvalue weighted by atomic mass is 10.1. The molecule has 1 aliphatic heterocycles. The minimum atomic E-state index is -0.269. The van der Waals surface area contributed by atoms with Crippen LogP contribution < -0.4 is 10.2 Å². The maximum atomic E-state index is 12.6. The first-order chi connectivity index (χ1) is 12.2. The highest BCUT2D eigenvalue weighted by Crippen LogP contribution is 2.28. The molecule has 4 rings (SSSR count). The predicted molar refractivity (Wildman–Crippen MR) is 94.8 cm³/mol. The Morgan fingerprint density at radius 3 is 2.80 bits per heavy atom. The molecule has 2 aromatic heterocycles. The molecule has 3 aromatic rings. The van der Waals surface area contributed by atoms with Gasteiger partial charge < -0.3 is 15.3 Å². The second-order valence-electron chi connectivity index (χ2n) is 6.14. The monoisotopic (exact) mass is 337 g/mol. The van der Waals surface area contributed by atoms with Crippen molar-refractivity contribution >= 4 is 23.1 Å². The van der Waals surface area contributed by atoms with E-state index in [4.69, 9.17) is 0 Å². The van der Waals surface area contributed by atoms with Gasteiger partial charge in [-0.3, -0.25) is 9.20 Å². The lowest BCUT2D eigenvalue weighted by Crippen LogP contribution is -2.36. The van der Waals surface area contributed by atoms with Crippen LogP contribution in [0.25, 0.3) is 5.78 Å². The van der Waals surface area contributed by atoms with Crippen LogP contribution in [0.5, 0.6) is 0 Å². The van der Waals surface area contributed by atoms with Gasteiger partial charge in [0.25, 0.3) is 5.91 Å². The van der Waals surface area contributed by atoms with Gasteiger partial charge in [-0.1, -0.05) is 12.1 Å². The number of aliphatic hydroxyl groups excluding tert-OH is 1. The normalized spacial score (nSPS) is 15.5. The van der Waals surface area contributed by atoms with Gasteiger partial charge in [0.05, 0.1) is 17.5 Å². The van der Waals surface area contributed by atoms with Gasteiger partial charge in [0.2, 0.25) is 5.78 Å². The van der Waals surface area contributed by atoms with Crippen molar-refractivity contribution in [3.63, 3.8) is 0 Å². The zero-order chi connectivity index (χ0) is 17.2. The van der Waals surface area contributed by atoms with Gasteiger partial charge in [-0.2, -0.15) is 0 Å². The summed E-state index contributed by atoms with van der Waals surface area (Å²) in [6, 6.07) is 9.50. The number of para-hydroxylation sites is 2. The summed E-state index contributed by atoms with van der Waals surface area (Å²) >= 11 is 0. The van der Waals surface area contributed by atoms with Crippen molar-refractivity contribution in [2.75, 3.05) is 23.3 Å². The standard InChI is InChI=1S/C18H19N5O2/c24-13-6-10-22(11-7-13)16-5-2-1-4-14(16)20-17(25)15-12-23-9-3-8-19-18(23)21-15/h1-5,8-9,12-13,24H,6-7,10-11H2,(H,20,25). The quantitative estimate of drug-likeness (QED) is 0.763. The second kappa shape index (κ2) is 6.52. The molecule has 0 unspecified atom stereocenters. The van der Waals surface area contributed by atoms with Crippen molar-refractivity contribution in [3.8, 4) is 0 Å².